The maximum absolute atomic E-state index is 11.2. The molecule has 3 aromatic rings. The third kappa shape index (κ3) is 4.38. The molecular formula is C19H21N5O6. The fraction of sp³-hybridized carbons (Fsp3) is 0.263. The molecule has 2 unspecified atom stereocenters. The summed E-state index contributed by atoms with van der Waals surface area (Å²) in [6.45, 7) is 0.894. The molecule has 0 spiro atoms. The minimum atomic E-state index is -1.04. The highest BCUT2D eigenvalue weighted by molar-refractivity contribution is 5.58. The van der Waals surface area contributed by atoms with Gasteiger partial charge < -0.3 is 20.0 Å². The zero-order chi connectivity index (χ0) is 21.3. The van der Waals surface area contributed by atoms with Gasteiger partial charge in [-0.1, -0.05) is 29.4 Å². The van der Waals surface area contributed by atoms with Gasteiger partial charge in [-0.15, -0.1) is 0 Å². The van der Waals surface area contributed by atoms with Gasteiger partial charge in [0, 0.05) is 42.9 Å². The van der Waals surface area contributed by atoms with Crippen molar-refractivity contribution in [2.24, 2.45) is 0 Å². The van der Waals surface area contributed by atoms with Crippen molar-refractivity contribution < 1.29 is 30.5 Å². The van der Waals surface area contributed by atoms with Crippen LogP contribution in [0.3, 0.4) is 0 Å². The van der Waals surface area contributed by atoms with Gasteiger partial charge in [-0.05, 0) is 12.0 Å². The lowest BCUT2D eigenvalue weighted by Gasteiger charge is -2.21. The molecule has 4 rings (SSSR count). The van der Waals surface area contributed by atoms with Crippen LogP contribution in [-0.2, 0) is 6.54 Å². The number of aliphatic hydroxyl groups excluding tert-OH is 1. The third-order valence-electron chi connectivity index (χ3n) is 5.06. The summed E-state index contributed by atoms with van der Waals surface area (Å²) in [6.07, 6.45) is -0.136. The normalized spacial score (nSPS) is 21.6. The van der Waals surface area contributed by atoms with Crippen molar-refractivity contribution in [2.75, 3.05) is 6.54 Å². The number of quaternary nitrogens is 2. The summed E-state index contributed by atoms with van der Waals surface area (Å²) >= 11 is 0. The molecule has 30 heavy (non-hydrogen) atoms. The lowest BCUT2D eigenvalue weighted by molar-refractivity contribution is -0.991. The number of aromatic nitrogens is 2. The van der Waals surface area contributed by atoms with Crippen molar-refractivity contribution in [3.8, 4) is 11.4 Å². The van der Waals surface area contributed by atoms with Crippen molar-refractivity contribution in [2.45, 2.75) is 25.1 Å². The first-order valence-corrected chi connectivity index (χ1v) is 9.32. The molecule has 11 nitrogen and oxygen atoms in total. The monoisotopic (exact) mass is 415 g/mol. The van der Waals surface area contributed by atoms with Crippen LogP contribution in [0.15, 0.2) is 53.1 Å². The van der Waals surface area contributed by atoms with Gasteiger partial charge in [0.2, 0.25) is 11.7 Å². The van der Waals surface area contributed by atoms with E-state index in [-0.39, 0.29) is 23.2 Å². The Morgan fingerprint density at radius 3 is 2.50 bits per heavy atom. The third-order valence-corrected chi connectivity index (χ3v) is 5.06. The predicted molar refractivity (Wildman–Crippen MR) is 102 cm³/mol. The fourth-order valence-electron chi connectivity index (χ4n) is 3.58. The molecule has 4 atom stereocenters. The summed E-state index contributed by atoms with van der Waals surface area (Å²) in [5.74, 6) is 0.615. The van der Waals surface area contributed by atoms with E-state index in [1.165, 1.54) is 12.1 Å². The highest BCUT2D eigenvalue weighted by Crippen LogP contribution is 2.33. The van der Waals surface area contributed by atoms with E-state index in [0.29, 0.717) is 31.0 Å². The van der Waals surface area contributed by atoms with Crippen molar-refractivity contribution in [1.29, 1.82) is 0 Å². The lowest BCUT2D eigenvalue weighted by Crippen LogP contribution is -2.99. The van der Waals surface area contributed by atoms with E-state index in [1.54, 1.807) is 36.4 Å². The Morgan fingerprint density at radius 2 is 1.80 bits per heavy atom. The first-order valence-electron chi connectivity index (χ1n) is 9.32. The molecule has 1 saturated heterocycles. The summed E-state index contributed by atoms with van der Waals surface area (Å²) in [6, 6.07) is 12.5. The number of β-amino-alcohol motifs (C(OH)–C–C–N with tert-alkyl or cyclic N) is 1. The Morgan fingerprint density at radius 1 is 1.07 bits per heavy atom. The maximum atomic E-state index is 11.2. The maximum Gasteiger partial charge on any atom is 0.244 e. The fourth-order valence-corrected chi connectivity index (χ4v) is 3.58. The van der Waals surface area contributed by atoms with Crippen LogP contribution < -0.4 is 10.5 Å². The van der Waals surface area contributed by atoms with Crippen molar-refractivity contribution >= 4 is 11.4 Å². The van der Waals surface area contributed by atoms with E-state index in [9.17, 15) is 15.5 Å². The zero-order valence-electron chi connectivity index (χ0n) is 15.8. The molecule has 1 fully saturated rings. The number of likely N-dealkylation sites (tertiary alicyclic amines) is 1. The highest BCUT2D eigenvalue weighted by atomic mass is 16.8. The minimum absolute atomic E-state index is 0.126. The average molecular weight is 415 g/mol. The van der Waals surface area contributed by atoms with E-state index >= 15 is 0 Å². The average Bonchev–Trinajstić information content (AvgIpc) is 3.35. The van der Waals surface area contributed by atoms with Crippen LogP contribution in [0, 0.1) is 10.4 Å². The molecule has 11 heteroatoms. The quantitative estimate of drug-likeness (QED) is 0.345. The van der Waals surface area contributed by atoms with Crippen molar-refractivity contribution in [1.82, 2.24) is 15.0 Å². The number of rotatable bonds is 6. The van der Waals surface area contributed by atoms with E-state index in [1.807, 2.05) is 4.90 Å². The molecule has 1 aliphatic rings. The SMILES string of the molecule is [O-][NH+](O)c1ccc(CN2C[C@H](O)C[C@H]2c2nc(-c3cccc([NH+]([O-])O)c3)no2)cc1. The zero-order valence-corrected chi connectivity index (χ0v) is 15.8. The standard InChI is InChI=1S/C19H21N5O6/c25-16-9-17(22(11-16)10-12-4-6-14(7-5-12)23(26)27)19-20-18(21-30-19)13-2-1-3-15(8-13)24(28)29/h1-8,16-17,23-26,28H,9-11H2/t16-,17+/m1/s1. The number of nitrogens with one attached hydrogen (secondary N) is 2. The molecule has 0 amide bonds. The van der Waals surface area contributed by atoms with Crippen LogP contribution >= 0.6 is 0 Å². The predicted octanol–water partition coefficient (Wildman–Crippen LogP) is -0.149. The van der Waals surface area contributed by atoms with E-state index in [2.05, 4.69) is 10.1 Å². The number of benzene rings is 2. The second-order valence-corrected chi connectivity index (χ2v) is 7.18. The Balaban J connectivity index is 1.53. The Hall–Kier alpha value is -2.74. The van der Waals surface area contributed by atoms with Crippen molar-refractivity contribution in [3.05, 3.63) is 70.4 Å². The van der Waals surface area contributed by atoms with Gasteiger partial charge in [-0.2, -0.15) is 15.4 Å². The smallest absolute Gasteiger partial charge is 0.244 e. The van der Waals surface area contributed by atoms with Gasteiger partial charge in [0.1, 0.15) is 0 Å². The highest BCUT2D eigenvalue weighted by Gasteiger charge is 2.36. The largest absolute Gasteiger partial charge is 0.595 e. The van der Waals surface area contributed by atoms with Crippen LogP contribution in [0.25, 0.3) is 11.4 Å². The van der Waals surface area contributed by atoms with Crippen LogP contribution in [0.2, 0.25) is 0 Å². The van der Waals surface area contributed by atoms with Gasteiger partial charge in [0.15, 0.2) is 11.4 Å². The second kappa shape index (κ2) is 8.55. The summed E-state index contributed by atoms with van der Waals surface area (Å²) in [5, 5.41) is 52.5. The molecule has 5 N–H and O–H groups in total. The van der Waals surface area contributed by atoms with Crippen LogP contribution in [-0.4, -0.2) is 43.2 Å². The van der Waals surface area contributed by atoms with Crippen molar-refractivity contribution in [3.63, 3.8) is 0 Å². The van der Waals surface area contributed by atoms with E-state index < -0.39 is 16.6 Å². The van der Waals surface area contributed by atoms with Crippen LogP contribution in [0.5, 0.6) is 0 Å². The van der Waals surface area contributed by atoms with E-state index in [4.69, 9.17) is 14.9 Å². The van der Waals surface area contributed by atoms with Gasteiger partial charge in [-0.3, -0.25) is 4.90 Å². The van der Waals surface area contributed by atoms with Gasteiger partial charge >= 0.3 is 0 Å². The number of hydrogen-bond acceptors (Lipinski definition) is 9. The molecule has 2 aromatic carbocycles. The molecule has 2 heterocycles. The Labute approximate surface area is 171 Å². The number of aliphatic hydroxyl groups is 1. The second-order valence-electron chi connectivity index (χ2n) is 7.18. The number of nitrogens with zero attached hydrogens (tertiary/aromatic N) is 3. The summed E-state index contributed by atoms with van der Waals surface area (Å²) < 4.78 is 5.43. The number of hydrogen-bond donors (Lipinski definition) is 5. The molecule has 0 saturated carbocycles. The van der Waals surface area contributed by atoms with Gasteiger partial charge in [0.25, 0.3) is 0 Å². The van der Waals surface area contributed by atoms with Gasteiger partial charge in [0.05, 0.1) is 12.1 Å². The molecule has 1 aromatic heterocycles. The molecule has 0 bridgehead atoms. The molecule has 1 aliphatic heterocycles. The molecular weight excluding hydrogens is 394 g/mol. The van der Waals surface area contributed by atoms with Crippen LogP contribution in [0.1, 0.15) is 23.9 Å². The Bertz CT molecular complexity index is 993. The topological polar surface area (TPSA) is 158 Å². The first kappa shape index (κ1) is 20.5. The summed E-state index contributed by atoms with van der Waals surface area (Å²) in [4.78, 5) is 6.42. The lowest BCUT2D eigenvalue weighted by atomic mass is 10.1. The Kier molecular flexibility index (Phi) is 5.85. The molecule has 0 radical (unpaired) electrons. The van der Waals surface area contributed by atoms with Gasteiger partial charge in [-0.25, -0.2) is 10.4 Å². The van der Waals surface area contributed by atoms with E-state index in [0.717, 1.165) is 5.56 Å². The molecule has 0 aliphatic carbocycles. The summed E-state index contributed by atoms with van der Waals surface area (Å²) in [5.41, 5.74) is 1.76. The molecule has 158 valence electrons. The minimum Gasteiger partial charge on any atom is -0.595 e. The summed E-state index contributed by atoms with van der Waals surface area (Å²) in [7, 11) is 0. The first-order chi connectivity index (χ1) is 14.4. The van der Waals surface area contributed by atoms with Crippen LogP contribution in [0.4, 0.5) is 11.4 Å².